The highest BCUT2D eigenvalue weighted by atomic mass is 127. The van der Waals surface area contributed by atoms with Gasteiger partial charge in [0.05, 0.1) is 9.77 Å². The molecule has 1 saturated heterocycles. The van der Waals surface area contributed by atoms with Gasteiger partial charge in [-0.2, -0.15) is 5.10 Å². The van der Waals surface area contributed by atoms with Crippen LogP contribution in [0.3, 0.4) is 0 Å². The molecule has 1 aliphatic heterocycles. The molecule has 82 valence electrons. The van der Waals surface area contributed by atoms with Crippen LogP contribution in [-0.4, -0.2) is 27.3 Å². The Labute approximate surface area is 104 Å². The number of rotatable bonds is 1. The molecular weight excluding hydrogens is 301 g/mol. The summed E-state index contributed by atoms with van der Waals surface area (Å²) in [4.78, 5) is 2.54. The van der Waals surface area contributed by atoms with E-state index in [1.54, 1.807) is 0 Å². The van der Waals surface area contributed by atoms with E-state index in [2.05, 4.69) is 57.4 Å². The Morgan fingerprint density at radius 3 is 2.80 bits per heavy atom. The first-order valence-electron chi connectivity index (χ1n) is 5.56. The van der Waals surface area contributed by atoms with Crippen molar-refractivity contribution in [2.45, 2.75) is 37.9 Å². The molecule has 1 spiro atoms. The number of nitrogens with zero attached hydrogens (tertiary/aromatic N) is 3. The van der Waals surface area contributed by atoms with E-state index in [1.807, 2.05) is 6.20 Å². The fourth-order valence-electron chi connectivity index (χ4n) is 3.14. The van der Waals surface area contributed by atoms with Gasteiger partial charge in [0, 0.05) is 11.7 Å². The van der Waals surface area contributed by atoms with Gasteiger partial charge in [0.25, 0.3) is 0 Å². The van der Waals surface area contributed by atoms with Crippen LogP contribution in [0, 0.1) is 9.49 Å². The minimum absolute atomic E-state index is 0.485. The van der Waals surface area contributed by atoms with Gasteiger partial charge in [-0.3, -0.25) is 9.58 Å². The second-order valence-corrected chi connectivity index (χ2v) is 6.22. The van der Waals surface area contributed by atoms with Gasteiger partial charge in [-0.05, 0) is 54.8 Å². The third-order valence-electron chi connectivity index (χ3n) is 4.28. The topological polar surface area (TPSA) is 21.1 Å². The van der Waals surface area contributed by atoms with Gasteiger partial charge in [0.2, 0.25) is 0 Å². The van der Waals surface area contributed by atoms with Gasteiger partial charge in [-0.15, -0.1) is 0 Å². The van der Waals surface area contributed by atoms with Crippen LogP contribution in [0.15, 0.2) is 12.4 Å². The van der Waals surface area contributed by atoms with Gasteiger partial charge < -0.3 is 0 Å². The molecule has 1 aromatic rings. The van der Waals surface area contributed by atoms with Crippen molar-refractivity contribution < 1.29 is 0 Å². The maximum Gasteiger partial charge on any atom is 0.104 e. The molecule has 0 bridgehead atoms. The number of halogens is 1. The molecule has 2 heterocycles. The number of likely N-dealkylation sites (tertiary alicyclic amines) is 1. The fourth-order valence-corrected chi connectivity index (χ4v) is 3.55. The van der Waals surface area contributed by atoms with Crippen LogP contribution < -0.4 is 0 Å². The van der Waals surface area contributed by atoms with Gasteiger partial charge in [-0.1, -0.05) is 6.92 Å². The van der Waals surface area contributed by atoms with E-state index in [-0.39, 0.29) is 0 Å². The third-order valence-corrected chi connectivity index (χ3v) is 4.83. The number of hydrogen-bond donors (Lipinski definition) is 0. The lowest BCUT2D eigenvalue weighted by Gasteiger charge is -2.26. The maximum absolute atomic E-state index is 4.43. The van der Waals surface area contributed by atoms with Gasteiger partial charge in [0.15, 0.2) is 0 Å². The molecule has 0 aromatic carbocycles. The van der Waals surface area contributed by atoms with Crippen molar-refractivity contribution in [1.29, 1.82) is 0 Å². The maximum atomic E-state index is 4.43. The standard InChI is InChI=1S/C11H16IN3/c1-8-5-11(8)4-3-10(14(11)2)15-7-9(12)6-13-15/h6-8,10H,3-5H2,1-2H3/t8-,10?,11?/m0/s1. The van der Waals surface area contributed by atoms with E-state index >= 15 is 0 Å². The summed E-state index contributed by atoms with van der Waals surface area (Å²) >= 11 is 2.32. The van der Waals surface area contributed by atoms with Gasteiger partial charge in [0.1, 0.15) is 6.17 Å². The van der Waals surface area contributed by atoms with Gasteiger partial charge >= 0.3 is 0 Å². The zero-order chi connectivity index (χ0) is 10.6. The van der Waals surface area contributed by atoms with Gasteiger partial charge in [-0.25, -0.2) is 0 Å². The summed E-state index contributed by atoms with van der Waals surface area (Å²) < 4.78 is 3.35. The van der Waals surface area contributed by atoms with Crippen molar-refractivity contribution in [1.82, 2.24) is 14.7 Å². The summed E-state index contributed by atoms with van der Waals surface area (Å²) in [7, 11) is 2.26. The van der Waals surface area contributed by atoms with Crippen LogP contribution >= 0.6 is 22.6 Å². The Kier molecular flexibility index (Phi) is 2.15. The lowest BCUT2D eigenvalue weighted by atomic mass is 10.1. The smallest absolute Gasteiger partial charge is 0.104 e. The van der Waals surface area contributed by atoms with E-state index in [0.29, 0.717) is 11.7 Å². The first-order chi connectivity index (χ1) is 7.13. The molecule has 2 unspecified atom stereocenters. The summed E-state index contributed by atoms with van der Waals surface area (Å²) in [5, 5.41) is 4.43. The van der Waals surface area contributed by atoms with E-state index in [0.717, 1.165) is 5.92 Å². The van der Waals surface area contributed by atoms with E-state index in [1.165, 1.54) is 22.8 Å². The van der Waals surface area contributed by atoms with Crippen LogP contribution in [0.2, 0.25) is 0 Å². The molecule has 15 heavy (non-hydrogen) atoms. The predicted molar refractivity (Wildman–Crippen MR) is 67.5 cm³/mol. The Morgan fingerprint density at radius 1 is 1.60 bits per heavy atom. The SMILES string of the molecule is C[C@H]1CC12CCC(n1cc(I)cn1)N2C. The van der Waals surface area contributed by atoms with Crippen LogP contribution in [0.25, 0.3) is 0 Å². The average Bonchev–Trinajstić information content (AvgIpc) is 2.56. The Bertz CT molecular complexity index is 389. The van der Waals surface area contributed by atoms with Crippen molar-refractivity contribution in [3.8, 4) is 0 Å². The first-order valence-corrected chi connectivity index (χ1v) is 6.64. The summed E-state index contributed by atoms with van der Waals surface area (Å²) in [5.41, 5.74) is 0.516. The van der Waals surface area contributed by atoms with E-state index in [9.17, 15) is 0 Å². The van der Waals surface area contributed by atoms with Crippen molar-refractivity contribution in [2.24, 2.45) is 5.92 Å². The Hall–Kier alpha value is -0.100. The molecule has 4 heteroatoms. The highest BCUT2D eigenvalue weighted by Crippen LogP contribution is 2.57. The molecular formula is C11H16IN3. The van der Waals surface area contributed by atoms with Crippen molar-refractivity contribution >= 4 is 22.6 Å². The normalized spacial score (nSPS) is 40.2. The molecule has 1 aliphatic carbocycles. The molecule has 0 radical (unpaired) electrons. The number of aromatic nitrogens is 2. The molecule has 0 amide bonds. The molecule has 3 atom stereocenters. The van der Waals surface area contributed by atoms with Crippen molar-refractivity contribution in [3.05, 3.63) is 16.0 Å². The monoisotopic (exact) mass is 317 g/mol. The summed E-state index contributed by atoms with van der Waals surface area (Å²) in [6, 6.07) is 0. The largest absolute Gasteiger partial charge is 0.279 e. The van der Waals surface area contributed by atoms with Crippen LogP contribution in [0.5, 0.6) is 0 Å². The fraction of sp³-hybridized carbons (Fsp3) is 0.727. The molecule has 1 aromatic heterocycles. The quantitative estimate of drug-likeness (QED) is 0.742. The van der Waals surface area contributed by atoms with Crippen LogP contribution in [-0.2, 0) is 0 Å². The van der Waals surface area contributed by atoms with Crippen LogP contribution in [0.1, 0.15) is 32.4 Å². The molecule has 2 aliphatic rings. The minimum Gasteiger partial charge on any atom is -0.279 e. The molecule has 2 fully saturated rings. The highest BCUT2D eigenvalue weighted by molar-refractivity contribution is 14.1. The molecule has 3 rings (SSSR count). The second kappa shape index (κ2) is 3.20. The van der Waals surface area contributed by atoms with Crippen molar-refractivity contribution in [3.63, 3.8) is 0 Å². The summed E-state index contributed by atoms with van der Waals surface area (Å²) in [6.07, 6.45) is 8.53. The zero-order valence-electron chi connectivity index (χ0n) is 9.15. The second-order valence-electron chi connectivity index (χ2n) is 4.98. The zero-order valence-corrected chi connectivity index (χ0v) is 11.3. The Morgan fingerprint density at radius 2 is 2.33 bits per heavy atom. The predicted octanol–water partition coefficient (Wildman–Crippen LogP) is 2.49. The third kappa shape index (κ3) is 1.37. The summed E-state index contributed by atoms with van der Waals surface area (Å²) in [6.45, 7) is 2.37. The number of hydrogen-bond acceptors (Lipinski definition) is 2. The lowest BCUT2D eigenvalue weighted by molar-refractivity contribution is 0.152. The first kappa shape index (κ1) is 10.1. The highest BCUT2D eigenvalue weighted by Gasteiger charge is 2.59. The average molecular weight is 317 g/mol. The van der Waals surface area contributed by atoms with Crippen LogP contribution in [0.4, 0.5) is 0 Å². The van der Waals surface area contributed by atoms with Crippen molar-refractivity contribution in [2.75, 3.05) is 7.05 Å². The van der Waals surface area contributed by atoms with E-state index < -0.39 is 0 Å². The molecule has 1 saturated carbocycles. The molecule has 3 nitrogen and oxygen atoms in total. The Balaban J connectivity index is 1.85. The lowest BCUT2D eigenvalue weighted by Crippen LogP contribution is -2.33. The van der Waals surface area contributed by atoms with E-state index in [4.69, 9.17) is 0 Å². The minimum atomic E-state index is 0.485. The molecule has 0 N–H and O–H groups in total. The summed E-state index contributed by atoms with van der Waals surface area (Å²) in [5.74, 6) is 0.877.